The fraction of sp³-hybridized carbons (Fsp3) is 0.143. The Labute approximate surface area is 125 Å². The van der Waals surface area contributed by atoms with Gasteiger partial charge in [-0.1, -0.05) is 30.0 Å². The molecule has 0 spiro atoms. The molecule has 6 nitrogen and oxygen atoms in total. The zero-order valence-electron chi connectivity index (χ0n) is 11.4. The highest BCUT2D eigenvalue weighted by Crippen LogP contribution is 2.22. The molecule has 0 aliphatic carbocycles. The zero-order valence-corrected chi connectivity index (χ0v) is 12.2. The molecular weight excluding hydrogens is 286 g/mol. The molecule has 106 valence electrons. The van der Waals surface area contributed by atoms with Gasteiger partial charge in [-0.25, -0.2) is 9.97 Å². The zero-order chi connectivity index (χ0) is 14.7. The number of nitrogens with two attached hydrogens (primary N) is 1. The highest BCUT2D eigenvalue weighted by Gasteiger charge is 2.09. The number of thioether (sulfide) groups is 1. The van der Waals surface area contributed by atoms with E-state index < -0.39 is 0 Å². The summed E-state index contributed by atoms with van der Waals surface area (Å²) >= 11 is 1.41. The van der Waals surface area contributed by atoms with Crippen LogP contribution >= 0.6 is 11.8 Å². The fourth-order valence-corrected chi connectivity index (χ4v) is 2.51. The lowest BCUT2D eigenvalue weighted by molar-refractivity contribution is 0.528. The Balaban J connectivity index is 1.70. The number of anilines is 1. The lowest BCUT2D eigenvalue weighted by atomic mass is 10.2. The summed E-state index contributed by atoms with van der Waals surface area (Å²) in [5.41, 5.74) is 7.43. The average molecular weight is 299 g/mol. The first-order chi connectivity index (χ1) is 10.2. The number of rotatable bonds is 4. The van der Waals surface area contributed by atoms with E-state index >= 15 is 0 Å². The van der Waals surface area contributed by atoms with Crippen LogP contribution in [0.4, 0.5) is 5.82 Å². The van der Waals surface area contributed by atoms with Gasteiger partial charge in [-0.3, -0.25) is 0 Å². The van der Waals surface area contributed by atoms with Crippen LogP contribution in [0.5, 0.6) is 0 Å². The van der Waals surface area contributed by atoms with Crippen molar-refractivity contribution in [3.05, 3.63) is 48.0 Å². The van der Waals surface area contributed by atoms with Gasteiger partial charge in [-0.2, -0.15) is 0 Å². The topological polar surface area (TPSA) is 90.7 Å². The summed E-state index contributed by atoms with van der Waals surface area (Å²) in [4.78, 5) is 8.45. The van der Waals surface area contributed by atoms with Crippen molar-refractivity contribution >= 4 is 17.6 Å². The Morgan fingerprint density at radius 1 is 1.14 bits per heavy atom. The Hall–Kier alpha value is -2.41. The van der Waals surface area contributed by atoms with Gasteiger partial charge < -0.3 is 10.2 Å². The molecular formula is C14H13N5OS. The summed E-state index contributed by atoms with van der Waals surface area (Å²) in [6.07, 6.45) is 0. The minimum Gasteiger partial charge on any atom is -0.420 e. The largest absolute Gasteiger partial charge is 0.420 e. The summed E-state index contributed by atoms with van der Waals surface area (Å²) in [5, 5.41) is 8.67. The van der Waals surface area contributed by atoms with E-state index in [1.165, 1.54) is 11.8 Å². The summed E-state index contributed by atoms with van der Waals surface area (Å²) in [6.45, 7) is 1.88. The van der Waals surface area contributed by atoms with Crippen molar-refractivity contribution in [2.75, 3.05) is 5.73 Å². The van der Waals surface area contributed by atoms with Gasteiger partial charge in [-0.05, 0) is 19.1 Å². The maximum atomic E-state index is 5.69. The molecule has 0 atom stereocenters. The Bertz CT molecular complexity index is 724. The summed E-state index contributed by atoms with van der Waals surface area (Å²) in [5.74, 6) is 2.00. The van der Waals surface area contributed by atoms with Crippen LogP contribution in [-0.4, -0.2) is 20.2 Å². The first kappa shape index (κ1) is 13.6. The fourth-order valence-electron chi connectivity index (χ4n) is 1.77. The smallest absolute Gasteiger partial charge is 0.247 e. The normalized spacial score (nSPS) is 10.7. The van der Waals surface area contributed by atoms with Crippen molar-refractivity contribution < 1.29 is 4.42 Å². The molecule has 2 heterocycles. The summed E-state index contributed by atoms with van der Waals surface area (Å²) in [6, 6.07) is 11.4. The quantitative estimate of drug-likeness (QED) is 0.585. The van der Waals surface area contributed by atoms with Crippen LogP contribution in [-0.2, 0) is 5.75 Å². The molecule has 0 saturated heterocycles. The summed E-state index contributed by atoms with van der Waals surface area (Å²) < 4.78 is 5.62. The van der Waals surface area contributed by atoms with Crippen molar-refractivity contribution in [1.29, 1.82) is 0 Å². The van der Waals surface area contributed by atoms with Gasteiger partial charge in [0.25, 0.3) is 0 Å². The molecule has 0 aliphatic rings. The van der Waals surface area contributed by atoms with Crippen LogP contribution in [0.3, 0.4) is 0 Å². The van der Waals surface area contributed by atoms with E-state index in [0.29, 0.717) is 28.5 Å². The average Bonchev–Trinajstić information content (AvgIpc) is 2.94. The third-order valence-corrected chi connectivity index (χ3v) is 3.50. The van der Waals surface area contributed by atoms with Gasteiger partial charge in [0, 0.05) is 17.3 Å². The predicted molar refractivity (Wildman–Crippen MR) is 80.5 cm³/mol. The van der Waals surface area contributed by atoms with Crippen molar-refractivity contribution in [2.45, 2.75) is 17.8 Å². The number of aromatic nitrogens is 4. The van der Waals surface area contributed by atoms with E-state index in [0.717, 1.165) is 11.3 Å². The molecule has 2 aromatic heterocycles. The number of hydrogen-bond donors (Lipinski definition) is 1. The lowest BCUT2D eigenvalue weighted by Gasteiger charge is -2.00. The maximum absolute atomic E-state index is 5.69. The van der Waals surface area contributed by atoms with Gasteiger partial charge >= 0.3 is 0 Å². The molecule has 21 heavy (non-hydrogen) atoms. The lowest BCUT2D eigenvalue weighted by Crippen LogP contribution is -1.96. The van der Waals surface area contributed by atoms with E-state index in [1.807, 2.05) is 37.3 Å². The third-order valence-electron chi connectivity index (χ3n) is 2.67. The third kappa shape index (κ3) is 3.38. The molecule has 0 saturated carbocycles. The van der Waals surface area contributed by atoms with Crippen molar-refractivity contribution in [1.82, 2.24) is 20.2 Å². The van der Waals surface area contributed by atoms with Gasteiger partial charge in [0.15, 0.2) is 5.16 Å². The number of nitrogens with zero attached hydrogens (tertiary/aromatic N) is 4. The standard InChI is InChI=1S/C14H13N5OS/c1-9-7-11(15)17-14(16-9)21-8-12-18-19-13(20-12)10-5-3-2-4-6-10/h2-7H,8H2,1H3,(H2,15,16,17). The van der Waals surface area contributed by atoms with Crippen LogP contribution in [0.1, 0.15) is 11.6 Å². The molecule has 0 unspecified atom stereocenters. The van der Waals surface area contributed by atoms with Gasteiger partial charge in [0.1, 0.15) is 5.82 Å². The van der Waals surface area contributed by atoms with Crippen LogP contribution in [0.25, 0.3) is 11.5 Å². The number of aryl methyl sites for hydroxylation is 1. The minimum absolute atomic E-state index is 0.459. The highest BCUT2D eigenvalue weighted by atomic mass is 32.2. The van der Waals surface area contributed by atoms with Crippen LogP contribution < -0.4 is 5.73 Å². The SMILES string of the molecule is Cc1cc(N)nc(SCc2nnc(-c3ccccc3)o2)n1. The minimum atomic E-state index is 0.459. The van der Waals surface area contributed by atoms with E-state index in [4.69, 9.17) is 10.2 Å². The van der Waals surface area contributed by atoms with Crippen molar-refractivity contribution in [3.8, 4) is 11.5 Å². The highest BCUT2D eigenvalue weighted by molar-refractivity contribution is 7.98. The molecule has 2 N–H and O–H groups in total. The molecule has 3 rings (SSSR count). The molecule has 0 amide bonds. The Kier molecular flexibility index (Phi) is 3.83. The maximum Gasteiger partial charge on any atom is 0.247 e. The summed E-state index contributed by atoms with van der Waals surface area (Å²) in [7, 11) is 0. The van der Waals surface area contributed by atoms with Crippen LogP contribution in [0.15, 0.2) is 46.0 Å². The monoisotopic (exact) mass is 299 g/mol. The Morgan fingerprint density at radius 3 is 2.71 bits per heavy atom. The molecule has 0 aliphatic heterocycles. The van der Waals surface area contributed by atoms with E-state index in [-0.39, 0.29) is 0 Å². The Morgan fingerprint density at radius 2 is 1.95 bits per heavy atom. The number of benzene rings is 1. The van der Waals surface area contributed by atoms with E-state index in [1.54, 1.807) is 6.07 Å². The number of nitrogen functional groups attached to an aromatic ring is 1. The second-order valence-electron chi connectivity index (χ2n) is 4.37. The predicted octanol–water partition coefficient (Wildman–Crippen LogP) is 2.71. The molecule has 0 bridgehead atoms. The second kappa shape index (κ2) is 5.92. The van der Waals surface area contributed by atoms with Gasteiger partial charge in [0.2, 0.25) is 11.8 Å². The van der Waals surface area contributed by atoms with Gasteiger partial charge in [0.05, 0.1) is 5.75 Å². The number of hydrogen-bond acceptors (Lipinski definition) is 7. The van der Waals surface area contributed by atoms with Crippen LogP contribution in [0, 0.1) is 6.92 Å². The van der Waals surface area contributed by atoms with E-state index in [9.17, 15) is 0 Å². The first-order valence-electron chi connectivity index (χ1n) is 6.32. The molecule has 7 heteroatoms. The van der Waals surface area contributed by atoms with E-state index in [2.05, 4.69) is 20.2 Å². The first-order valence-corrected chi connectivity index (χ1v) is 7.31. The molecule has 0 radical (unpaired) electrons. The van der Waals surface area contributed by atoms with Crippen LogP contribution in [0.2, 0.25) is 0 Å². The molecule has 1 aromatic carbocycles. The van der Waals surface area contributed by atoms with Crippen molar-refractivity contribution in [2.24, 2.45) is 0 Å². The van der Waals surface area contributed by atoms with Gasteiger partial charge in [-0.15, -0.1) is 10.2 Å². The molecule has 0 fully saturated rings. The molecule has 3 aromatic rings. The second-order valence-corrected chi connectivity index (χ2v) is 5.31. The van der Waals surface area contributed by atoms with Crippen molar-refractivity contribution in [3.63, 3.8) is 0 Å².